The summed E-state index contributed by atoms with van der Waals surface area (Å²) in [6.45, 7) is 4.40. The summed E-state index contributed by atoms with van der Waals surface area (Å²) in [5, 5.41) is 2.56. The smallest absolute Gasteiger partial charge is 0.260 e. The van der Waals surface area contributed by atoms with Crippen LogP contribution in [0.3, 0.4) is 0 Å². The fourth-order valence-corrected chi connectivity index (χ4v) is 6.03. The van der Waals surface area contributed by atoms with E-state index in [1.54, 1.807) is 0 Å². The Kier molecular flexibility index (Phi) is 3.88. The number of aromatic nitrogens is 1. The number of para-hydroxylation sites is 1. The van der Waals surface area contributed by atoms with E-state index in [0.717, 1.165) is 34.1 Å². The maximum absolute atomic E-state index is 6.55. The van der Waals surface area contributed by atoms with E-state index in [2.05, 4.69) is 91.2 Å². The normalized spacial score (nSPS) is 13.1. The molecule has 0 N–H and O–H groups in total. The van der Waals surface area contributed by atoms with Gasteiger partial charge in [0.15, 0.2) is 0 Å². The molecule has 0 atom stereocenters. The van der Waals surface area contributed by atoms with Crippen molar-refractivity contribution in [3.63, 3.8) is 0 Å². The monoisotopic (exact) mass is 463 g/mol. The third-order valence-corrected chi connectivity index (χ3v) is 7.63. The number of ether oxygens (including phenoxy) is 2. The summed E-state index contributed by atoms with van der Waals surface area (Å²) in [6.07, 6.45) is 0. The molecule has 36 heavy (non-hydrogen) atoms. The van der Waals surface area contributed by atoms with Crippen LogP contribution in [0.25, 0.3) is 27.5 Å². The standard InChI is InChI=1S/C32H22BNO2/c1-19-10-14-26-22(16-19)23-17-20(2)11-15-27(23)34(26)21-12-13-25-31(18-21)36-30-9-5-8-29-32(30)33(25)24-6-3-4-7-28(24)35-29/h3-18H,1-2H3. The lowest BCUT2D eigenvalue weighted by Crippen LogP contribution is -2.57. The Labute approximate surface area is 209 Å². The molecule has 3 heterocycles. The van der Waals surface area contributed by atoms with Gasteiger partial charge in [-0.1, -0.05) is 53.6 Å². The third-order valence-electron chi connectivity index (χ3n) is 7.63. The van der Waals surface area contributed by atoms with Gasteiger partial charge in [-0.25, -0.2) is 0 Å². The Morgan fingerprint density at radius 3 is 1.89 bits per heavy atom. The van der Waals surface area contributed by atoms with Gasteiger partial charge < -0.3 is 14.0 Å². The van der Waals surface area contributed by atoms with Crippen molar-refractivity contribution in [3.8, 4) is 28.7 Å². The van der Waals surface area contributed by atoms with Gasteiger partial charge >= 0.3 is 0 Å². The maximum atomic E-state index is 6.55. The molecule has 0 fully saturated rings. The molecule has 0 bridgehead atoms. The van der Waals surface area contributed by atoms with Crippen molar-refractivity contribution in [2.24, 2.45) is 0 Å². The van der Waals surface area contributed by atoms with Gasteiger partial charge in [0, 0.05) is 28.0 Å². The topological polar surface area (TPSA) is 23.4 Å². The molecule has 2 aliphatic heterocycles. The van der Waals surface area contributed by atoms with Crippen LogP contribution in [0.4, 0.5) is 0 Å². The number of aryl methyl sites for hydroxylation is 2. The fraction of sp³-hybridized carbons (Fsp3) is 0.0625. The largest absolute Gasteiger partial charge is 0.458 e. The van der Waals surface area contributed by atoms with Gasteiger partial charge in [0.1, 0.15) is 23.0 Å². The van der Waals surface area contributed by atoms with Crippen LogP contribution in [0, 0.1) is 13.8 Å². The van der Waals surface area contributed by atoms with Crippen molar-refractivity contribution < 1.29 is 9.47 Å². The van der Waals surface area contributed by atoms with Crippen LogP contribution in [0.5, 0.6) is 23.0 Å². The molecule has 1 aromatic heterocycles. The summed E-state index contributed by atoms with van der Waals surface area (Å²) < 4.78 is 15.2. The van der Waals surface area contributed by atoms with Crippen LogP contribution in [-0.4, -0.2) is 11.3 Å². The minimum Gasteiger partial charge on any atom is -0.458 e. The van der Waals surface area contributed by atoms with Crippen molar-refractivity contribution in [3.05, 3.63) is 108 Å². The first-order chi connectivity index (χ1) is 17.7. The Bertz CT molecular complexity index is 1820. The zero-order valence-corrected chi connectivity index (χ0v) is 20.1. The van der Waals surface area contributed by atoms with E-state index in [9.17, 15) is 0 Å². The van der Waals surface area contributed by atoms with Crippen LogP contribution in [0.1, 0.15) is 11.1 Å². The van der Waals surface area contributed by atoms with Gasteiger partial charge in [0.05, 0.1) is 11.0 Å². The SMILES string of the molecule is Cc1ccc2c(c1)c1cc(C)ccc1n2-c1ccc2c(c1)Oc1cccc3c1B2c1ccccc1O3. The highest BCUT2D eigenvalue weighted by atomic mass is 16.5. The van der Waals surface area contributed by atoms with E-state index in [4.69, 9.17) is 9.47 Å². The Morgan fingerprint density at radius 1 is 0.556 bits per heavy atom. The number of fused-ring (bicyclic) bond motifs is 7. The van der Waals surface area contributed by atoms with Crippen LogP contribution in [0.15, 0.2) is 97.1 Å². The van der Waals surface area contributed by atoms with Gasteiger partial charge in [-0.3, -0.25) is 0 Å². The quantitative estimate of drug-likeness (QED) is 0.274. The van der Waals surface area contributed by atoms with E-state index in [-0.39, 0.29) is 6.71 Å². The Morgan fingerprint density at radius 2 is 1.17 bits per heavy atom. The van der Waals surface area contributed by atoms with E-state index in [1.807, 2.05) is 24.3 Å². The predicted octanol–water partition coefficient (Wildman–Crippen LogP) is 6.13. The fourth-order valence-electron chi connectivity index (χ4n) is 6.03. The lowest BCUT2D eigenvalue weighted by atomic mass is 9.35. The van der Waals surface area contributed by atoms with Gasteiger partial charge in [0.25, 0.3) is 6.71 Å². The maximum Gasteiger partial charge on any atom is 0.260 e. The summed E-state index contributed by atoms with van der Waals surface area (Å²) in [5.41, 5.74) is 9.50. The molecule has 0 amide bonds. The highest BCUT2D eigenvalue weighted by Gasteiger charge is 2.39. The van der Waals surface area contributed by atoms with Gasteiger partial charge in [-0.05, 0) is 73.3 Å². The molecular weight excluding hydrogens is 441 g/mol. The number of rotatable bonds is 1. The van der Waals surface area contributed by atoms with Crippen LogP contribution >= 0.6 is 0 Å². The van der Waals surface area contributed by atoms with E-state index in [0.29, 0.717) is 0 Å². The van der Waals surface area contributed by atoms with Crippen LogP contribution < -0.4 is 25.9 Å². The Hall–Kier alpha value is -4.44. The molecule has 0 radical (unpaired) electrons. The second-order valence-corrected chi connectivity index (χ2v) is 9.94. The molecule has 2 aliphatic rings. The lowest BCUT2D eigenvalue weighted by molar-refractivity contribution is 0.464. The summed E-state index contributed by atoms with van der Waals surface area (Å²) >= 11 is 0. The van der Waals surface area contributed by atoms with Crippen molar-refractivity contribution in [2.45, 2.75) is 13.8 Å². The van der Waals surface area contributed by atoms with Gasteiger partial charge in [-0.15, -0.1) is 0 Å². The predicted molar refractivity (Wildman–Crippen MR) is 148 cm³/mol. The highest BCUT2D eigenvalue weighted by molar-refractivity contribution is 6.98. The highest BCUT2D eigenvalue weighted by Crippen LogP contribution is 2.37. The molecule has 4 heteroatoms. The van der Waals surface area contributed by atoms with E-state index in [1.165, 1.54) is 43.9 Å². The van der Waals surface area contributed by atoms with Gasteiger partial charge in [0.2, 0.25) is 0 Å². The van der Waals surface area contributed by atoms with Gasteiger partial charge in [-0.2, -0.15) is 0 Å². The van der Waals surface area contributed by atoms with Crippen molar-refractivity contribution in [1.29, 1.82) is 0 Å². The van der Waals surface area contributed by atoms with Crippen molar-refractivity contribution in [2.75, 3.05) is 0 Å². The molecule has 3 nitrogen and oxygen atoms in total. The molecule has 0 saturated carbocycles. The number of nitrogens with zero attached hydrogens (tertiary/aromatic N) is 1. The molecule has 6 aromatic rings. The molecule has 0 unspecified atom stereocenters. The molecule has 170 valence electrons. The number of benzene rings is 5. The molecular formula is C32H22BNO2. The average molecular weight is 463 g/mol. The first kappa shape index (κ1) is 19.8. The molecule has 0 saturated heterocycles. The number of hydrogen-bond donors (Lipinski definition) is 0. The second kappa shape index (κ2) is 7.05. The average Bonchev–Trinajstić information content (AvgIpc) is 3.21. The molecule has 0 aliphatic carbocycles. The first-order valence-corrected chi connectivity index (χ1v) is 12.4. The van der Waals surface area contributed by atoms with Crippen molar-refractivity contribution >= 4 is 44.9 Å². The summed E-state index contributed by atoms with van der Waals surface area (Å²) in [7, 11) is 0. The summed E-state index contributed by atoms with van der Waals surface area (Å²) in [4.78, 5) is 0. The summed E-state index contributed by atoms with van der Waals surface area (Å²) in [5.74, 6) is 3.55. The summed E-state index contributed by atoms with van der Waals surface area (Å²) in [6, 6.07) is 34.5. The molecule has 8 rings (SSSR count). The second-order valence-electron chi connectivity index (χ2n) is 9.94. The zero-order chi connectivity index (χ0) is 24.0. The van der Waals surface area contributed by atoms with Crippen LogP contribution in [0.2, 0.25) is 0 Å². The molecule has 0 spiro atoms. The Balaban J connectivity index is 1.38. The van der Waals surface area contributed by atoms with Crippen LogP contribution in [-0.2, 0) is 0 Å². The zero-order valence-electron chi connectivity index (χ0n) is 20.1. The minimum absolute atomic E-state index is 0.0856. The third kappa shape index (κ3) is 2.64. The van der Waals surface area contributed by atoms with E-state index >= 15 is 0 Å². The minimum atomic E-state index is 0.0856. The first-order valence-electron chi connectivity index (χ1n) is 12.4. The lowest BCUT2D eigenvalue weighted by Gasteiger charge is -2.33. The number of hydrogen-bond acceptors (Lipinski definition) is 2. The van der Waals surface area contributed by atoms with Crippen molar-refractivity contribution in [1.82, 2.24) is 4.57 Å². The molecule has 5 aromatic carbocycles. The van der Waals surface area contributed by atoms with E-state index < -0.39 is 0 Å².